The van der Waals surface area contributed by atoms with E-state index < -0.39 is 0 Å². The molecule has 5 heteroatoms. The minimum atomic E-state index is 0.726. The van der Waals surface area contributed by atoms with Crippen molar-refractivity contribution >= 4 is 11.0 Å². The van der Waals surface area contributed by atoms with E-state index >= 15 is 0 Å². The summed E-state index contributed by atoms with van der Waals surface area (Å²) in [5, 5.41) is 0. The fourth-order valence-electron chi connectivity index (χ4n) is 3.41. The Morgan fingerprint density at radius 1 is 1.00 bits per heavy atom. The van der Waals surface area contributed by atoms with Crippen molar-refractivity contribution < 1.29 is 4.74 Å². The first-order chi connectivity index (χ1) is 12.8. The van der Waals surface area contributed by atoms with E-state index in [1.165, 1.54) is 0 Å². The van der Waals surface area contributed by atoms with Gasteiger partial charge in [0.15, 0.2) is 0 Å². The molecule has 3 aromatic rings. The fourth-order valence-corrected chi connectivity index (χ4v) is 3.41. The molecule has 0 saturated carbocycles. The highest BCUT2D eigenvalue weighted by Gasteiger charge is 2.14. The highest BCUT2D eigenvalue weighted by Crippen LogP contribution is 2.29. The van der Waals surface area contributed by atoms with Crippen molar-refractivity contribution in [2.75, 3.05) is 46.4 Å². The zero-order valence-electron chi connectivity index (χ0n) is 15.3. The molecule has 0 aliphatic carbocycles. The molecule has 1 aromatic heterocycles. The average Bonchev–Trinajstić information content (AvgIpc) is 3.11. The third kappa shape index (κ3) is 3.89. The van der Waals surface area contributed by atoms with Crippen LogP contribution in [0.4, 0.5) is 0 Å². The molecule has 0 bridgehead atoms. The molecule has 5 nitrogen and oxygen atoms in total. The van der Waals surface area contributed by atoms with Crippen molar-refractivity contribution in [2.45, 2.75) is 6.42 Å². The van der Waals surface area contributed by atoms with E-state index in [-0.39, 0.29) is 0 Å². The molecule has 1 N–H and O–H groups in total. The summed E-state index contributed by atoms with van der Waals surface area (Å²) in [6.45, 7) is 6.47. The number of rotatable bonds is 6. The van der Waals surface area contributed by atoms with Gasteiger partial charge in [0.25, 0.3) is 0 Å². The molecule has 4 rings (SSSR count). The molecular weight excluding hydrogens is 324 g/mol. The van der Waals surface area contributed by atoms with Crippen molar-refractivity contribution in [1.82, 2.24) is 19.8 Å². The van der Waals surface area contributed by atoms with Crippen molar-refractivity contribution in [3.05, 3.63) is 48.5 Å². The Morgan fingerprint density at radius 3 is 2.62 bits per heavy atom. The molecule has 1 fully saturated rings. The Balaban J connectivity index is 1.38. The van der Waals surface area contributed by atoms with E-state index in [2.05, 4.69) is 27.9 Å². The Hall–Kier alpha value is -2.37. The molecule has 26 heavy (non-hydrogen) atoms. The number of hydrogen-bond acceptors (Lipinski definition) is 4. The van der Waals surface area contributed by atoms with Gasteiger partial charge in [0.2, 0.25) is 0 Å². The van der Waals surface area contributed by atoms with Gasteiger partial charge >= 0.3 is 0 Å². The molecule has 2 aromatic carbocycles. The van der Waals surface area contributed by atoms with Crippen molar-refractivity contribution in [3.8, 4) is 17.1 Å². The number of aromatic amines is 1. The lowest BCUT2D eigenvalue weighted by Gasteiger charge is -2.32. The largest absolute Gasteiger partial charge is 0.493 e. The lowest BCUT2D eigenvalue weighted by atomic mass is 10.2. The van der Waals surface area contributed by atoms with E-state index in [0.29, 0.717) is 0 Å². The molecule has 2 heterocycles. The summed E-state index contributed by atoms with van der Waals surface area (Å²) in [7, 11) is 2.19. The number of H-pyrrole nitrogens is 1. The number of fused-ring (bicyclic) bond motifs is 1. The number of aromatic nitrogens is 2. The van der Waals surface area contributed by atoms with Crippen LogP contribution >= 0.6 is 0 Å². The molecular formula is C21H26N4O. The van der Waals surface area contributed by atoms with Crippen LogP contribution in [0.2, 0.25) is 0 Å². The summed E-state index contributed by atoms with van der Waals surface area (Å²) >= 11 is 0. The highest BCUT2D eigenvalue weighted by molar-refractivity contribution is 5.80. The van der Waals surface area contributed by atoms with Crippen LogP contribution in [-0.4, -0.2) is 66.1 Å². The molecule has 136 valence electrons. The van der Waals surface area contributed by atoms with Gasteiger partial charge in [0.1, 0.15) is 11.6 Å². The van der Waals surface area contributed by atoms with Crippen molar-refractivity contribution in [2.24, 2.45) is 0 Å². The molecule has 1 aliphatic heterocycles. The van der Waals surface area contributed by atoms with E-state index in [0.717, 1.165) is 73.9 Å². The lowest BCUT2D eigenvalue weighted by molar-refractivity contribution is 0.145. The van der Waals surface area contributed by atoms with Crippen molar-refractivity contribution in [3.63, 3.8) is 0 Å². The topological polar surface area (TPSA) is 44.4 Å². The first kappa shape index (κ1) is 17.1. The van der Waals surface area contributed by atoms with E-state index in [4.69, 9.17) is 9.72 Å². The Bertz CT molecular complexity index is 819. The average molecular weight is 350 g/mol. The quantitative estimate of drug-likeness (QED) is 0.693. The summed E-state index contributed by atoms with van der Waals surface area (Å²) in [6.07, 6.45) is 1.04. The molecule has 0 amide bonds. The summed E-state index contributed by atoms with van der Waals surface area (Å²) in [6, 6.07) is 16.2. The standard InChI is InChI=1S/C21H26N4O/c1-24-12-14-25(15-13-24)11-6-16-26-20-10-5-2-7-17(20)21-22-18-8-3-4-9-19(18)23-21/h2-5,7-10H,6,11-16H2,1H3,(H,22,23). The SMILES string of the molecule is CN1CCN(CCCOc2ccccc2-c2nc3ccccc3[nH]2)CC1. The normalized spacial score (nSPS) is 16.2. The van der Waals surface area contributed by atoms with Crippen LogP contribution < -0.4 is 4.74 Å². The number of para-hydroxylation sites is 3. The Labute approximate surface area is 154 Å². The van der Waals surface area contributed by atoms with E-state index in [1.54, 1.807) is 0 Å². The van der Waals surface area contributed by atoms with Crippen LogP contribution in [0.25, 0.3) is 22.4 Å². The molecule has 0 radical (unpaired) electrons. The summed E-state index contributed by atoms with van der Waals surface area (Å²) in [5.41, 5.74) is 3.04. The van der Waals surface area contributed by atoms with Gasteiger partial charge in [-0.3, -0.25) is 0 Å². The van der Waals surface area contributed by atoms with Crippen LogP contribution in [0.5, 0.6) is 5.75 Å². The second kappa shape index (κ2) is 7.89. The van der Waals surface area contributed by atoms with Crippen LogP contribution in [0.3, 0.4) is 0 Å². The van der Waals surface area contributed by atoms with Crippen LogP contribution in [-0.2, 0) is 0 Å². The number of hydrogen-bond donors (Lipinski definition) is 1. The van der Waals surface area contributed by atoms with Gasteiger partial charge < -0.3 is 19.5 Å². The zero-order valence-corrected chi connectivity index (χ0v) is 15.3. The predicted molar refractivity (Wildman–Crippen MR) is 106 cm³/mol. The Kier molecular flexibility index (Phi) is 5.18. The minimum absolute atomic E-state index is 0.726. The van der Waals surface area contributed by atoms with Crippen LogP contribution in [0, 0.1) is 0 Å². The second-order valence-corrected chi connectivity index (χ2v) is 6.95. The predicted octanol–water partition coefficient (Wildman–Crippen LogP) is 3.25. The van der Waals surface area contributed by atoms with Gasteiger partial charge in [0, 0.05) is 32.7 Å². The maximum atomic E-state index is 6.10. The number of nitrogens with one attached hydrogen (secondary N) is 1. The third-order valence-corrected chi connectivity index (χ3v) is 5.00. The van der Waals surface area contributed by atoms with Crippen LogP contribution in [0.1, 0.15) is 6.42 Å². The lowest BCUT2D eigenvalue weighted by Crippen LogP contribution is -2.44. The maximum Gasteiger partial charge on any atom is 0.142 e. The first-order valence-corrected chi connectivity index (χ1v) is 9.37. The fraction of sp³-hybridized carbons (Fsp3) is 0.381. The molecule has 0 atom stereocenters. The Morgan fingerprint density at radius 2 is 1.77 bits per heavy atom. The van der Waals surface area contributed by atoms with Gasteiger partial charge in [-0.05, 0) is 37.7 Å². The molecule has 0 unspecified atom stereocenters. The number of imidazole rings is 1. The number of ether oxygens (including phenoxy) is 1. The monoisotopic (exact) mass is 350 g/mol. The van der Waals surface area contributed by atoms with Crippen LogP contribution in [0.15, 0.2) is 48.5 Å². The van der Waals surface area contributed by atoms with Gasteiger partial charge in [0.05, 0.1) is 23.2 Å². The summed E-state index contributed by atoms with van der Waals surface area (Å²) in [4.78, 5) is 13.0. The van der Waals surface area contributed by atoms with Gasteiger partial charge in [-0.15, -0.1) is 0 Å². The van der Waals surface area contributed by atoms with Gasteiger partial charge in [-0.2, -0.15) is 0 Å². The first-order valence-electron chi connectivity index (χ1n) is 9.37. The summed E-state index contributed by atoms with van der Waals surface area (Å²) in [5.74, 6) is 1.76. The number of benzene rings is 2. The highest BCUT2D eigenvalue weighted by atomic mass is 16.5. The third-order valence-electron chi connectivity index (χ3n) is 5.00. The number of nitrogens with zero attached hydrogens (tertiary/aromatic N) is 3. The second-order valence-electron chi connectivity index (χ2n) is 6.95. The zero-order chi connectivity index (χ0) is 17.8. The maximum absolute atomic E-state index is 6.10. The van der Waals surface area contributed by atoms with Crippen molar-refractivity contribution in [1.29, 1.82) is 0 Å². The summed E-state index contributed by atoms with van der Waals surface area (Å²) < 4.78 is 6.10. The van der Waals surface area contributed by atoms with E-state index in [9.17, 15) is 0 Å². The smallest absolute Gasteiger partial charge is 0.142 e. The van der Waals surface area contributed by atoms with E-state index in [1.807, 2.05) is 42.5 Å². The molecule has 0 spiro atoms. The molecule has 1 aliphatic rings. The molecule has 1 saturated heterocycles. The minimum Gasteiger partial charge on any atom is -0.493 e. The number of likely N-dealkylation sites (N-methyl/N-ethyl adjacent to an activating group) is 1. The van der Waals surface area contributed by atoms with Gasteiger partial charge in [-0.1, -0.05) is 24.3 Å². The van der Waals surface area contributed by atoms with Gasteiger partial charge in [-0.25, -0.2) is 4.98 Å². The number of piperazine rings is 1.